The van der Waals surface area contributed by atoms with Crippen molar-refractivity contribution in [1.29, 1.82) is 0 Å². The van der Waals surface area contributed by atoms with Crippen LogP contribution in [0.25, 0.3) is 0 Å². The molecule has 2 atom stereocenters. The zero-order chi connectivity index (χ0) is 11.6. The molecule has 0 spiro atoms. The van der Waals surface area contributed by atoms with Crippen molar-refractivity contribution in [3.8, 4) is 0 Å². The van der Waals surface area contributed by atoms with Crippen LogP contribution in [0.15, 0.2) is 0 Å². The van der Waals surface area contributed by atoms with E-state index in [0.29, 0.717) is 0 Å². The topological polar surface area (TPSA) is 72.8 Å². The van der Waals surface area contributed by atoms with Gasteiger partial charge in [-0.1, -0.05) is 0 Å². The summed E-state index contributed by atoms with van der Waals surface area (Å²) in [5.41, 5.74) is -4.12. The molecule has 0 saturated carbocycles. The zero-order valence-corrected chi connectivity index (χ0v) is 9.16. The first-order chi connectivity index (χ1) is 6.63. The minimum Gasteiger partial charge on any atom is -0.456 e. The Morgan fingerprint density at radius 3 is 2.13 bits per heavy atom. The Kier molecular flexibility index (Phi) is 1.63. The van der Waals surface area contributed by atoms with E-state index >= 15 is 0 Å². The van der Waals surface area contributed by atoms with E-state index in [1.165, 1.54) is 13.8 Å². The van der Waals surface area contributed by atoms with Gasteiger partial charge in [0.15, 0.2) is 0 Å². The highest BCUT2D eigenvalue weighted by Crippen LogP contribution is 2.52. The first kappa shape index (κ1) is 10.4. The molecule has 2 aliphatic heterocycles. The lowest BCUT2D eigenvalue weighted by Gasteiger charge is -2.29. The Balaban J connectivity index is 2.60. The van der Waals surface area contributed by atoms with Crippen LogP contribution in [0.5, 0.6) is 0 Å². The van der Waals surface area contributed by atoms with Crippen molar-refractivity contribution < 1.29 is 24.2 Å². The summed E-state index contributed by atoms with van der Waals surface area (Å²) in [5.74, 6) is -2.32. The van der Waals surface area contributed by atoms with Crippen molar-refractivity contribution in [3.63, 3.8) is 0 Å². The van der Waals surface area contributed by atoms with Crippen molar-refractivity contribution in [2.45, 2.75) is 44.5 Å². The average molecular weight is 214 g/mol. The third-order valence-corrected chi connectivity index (χ3v) is 3.29. The molecule has 0 aromatic carbocycles. The summed E-state index contributed by atoms with van der Waals surface area (Å²) in [6, 6.07) is 0. The molecule has 2 aliphatic rings. The Hall–Kier alpha value is -1.10. The van der Waals surface area contributed by atoms with E-state index in [1.807, 2.05) is 0 Å². The summed E-state index contributed by atoms with van der Waals surface area (Å²) in [6.07, 6.45) is 0. The van der Waals surface area contributed by atoms with Crippen molar-refractivity contribution in [2.24, 2.45) is 5.92 Å². The van der Waals surface area contributed by atoms with Gasteiger partial charge < -0.3 is 14.6 Å². The fourth-order valence-corrected chi connectivity index (χ4v) is 2.43. The number of carbonyl (C=O) groups is 2. The Morgan fingerprint density at radius 1 is 1.13 bits per heavy atom. The largest absolute Gasteiger partial charge is 0.456 e. The Morgan fingerprint density at radius 2 is 1.67 bits per heavy atom. The molecule has 15 heavy (non-hydrogen) atoms. The third-order valence-electron chi connectivity index (χ3n) is 3.29. The van der Waals surface area contributed by atoms with Crippen LogP contribution in [0.2, 0.25) is 0 Å². The second-order valence-electron chi connectivity index (χ2n) is 5.12. The highest BCUT2D eigenvalue weighted by molar-refractivity contribution is 5.96. The van der Waals surface area contributed by atoms with Crippen LogP contribution in [0.3, 0.4) is 0 Å². The molecule has 2 fully saturated rings. The molecule has 0 aliphatic carbocycles. The molecular weight excluding hydrogens is 200 g/mol. The first-order valence-electron chi connectivity index (χ1n) is 4.81. The van der Waals surface area contributed by atoms with E-state index in [0.717, 1.165) is 0 Å². The van der Waals surface area contributed by atoms with Crippen molar-refractivity contribution in [3.05, 3.63) is 0 Å². The minimum atomic E-state index is -1.87. The molecule has 84 valence electrons. The summed E-state index contributed by atoms with van der Waals surface area (Å²) in [4.78, 5) is 23.3. The molecule has 0 radical (unpaired) electrons. The van der Waals surface area contributed by atoms with Gasteiger partial charge in [-0.15, -0.1) is 0 Å². The van der Waals surface area contributed by atoms with Gasteiger partial charge in [0.2, 0.25) is 5.60 Å². The predicted octanol–water partition coefficient (Wildman–Crippen LogP) is 0.00450. The van der Waals surface area contributed by atoms with E-state index < -0.39 is 34.7 Å². The standard InChI is InChI=1S/C10H14O5/c1-8(2)5-6(11)14-9(3,4)10(5,13)7(12)15-8/h5,13H,1-4H3. The Bertz CT molecular complexity index is 357. The molecular formula is C10H14O5. The molecule has 0 bridgehead atoms. The molecule has 0 amide bonds. The molecule has 2 saturated heterocycles. The molecule has 2 unspecified atom stereocenters. The number of cyclic esters (lactones) is 2. The van der Waals surface area contributed by atoms with Crippen LogP contribution in [0.4, 0.5) is 0 Å². The van der Waals surface area contributed by atoms with Crippen LogP contribution in [-0.4, -0.2) is 33.8 Å². The number of rotatable bonds is 0. The number of ether oxygens (including phenoxy) is 2. The maximum atomic E-state index is 11.6. The van der Waals surface area contributed by atoms with Crippen LogP contribution in [0.1, 0.15) is 27.7 Å². The number of fused-ring (bicyclic) bond motifs is 1. The van der Waals surface area contributed by atoms with Gasteiger partial charge in [-0.25, -0.2) is 4.79 Å². The summed E-state index contributed by atoms with van der Waals surface area (Å²) >= 11 is 0. The number of esters is 2. The van der Waals surface area contributed by atoms with Gasteiger partial charge in [0.05, 0.1) is 0 Å². The predicted molar refractivity (Wildman–Crippen MR) is 48.8 cm³/mol. The van der Waals surface area contributed by atoms with E-state index in [4.69, 9.17) is 9.47 Å². The Labute approximate surface area is 87.4 Å². The lowest BCUT2D eigenvalue weighted by Crippen LogP contribution is -2.54. The second-order valence-corrected chi connectivity index (χ2v) is 5.12. The van der Waals surface area contributed by atoms with Gasteiger partial charge in [0.1, 0.15) is 17.1 Å². The van der Waals surface area contributed by atoms with Crippen molar-refractivity contribution in [2.75, 3.05) is 0 Å². The SMILES string of the molecule is CC1(C)OC(=O)C2(O)C1C(=O)OC2(C)C. The molecule has 1 N–H and O–H groups in total. The normalized spacial score (nSPS) is 41.0. The highest BCUT2D eigenvalue weighted by Gasteiger charge is 2.76. The van der Waals surface area contributed by atoms with Gasteiger partial charge in [-0.05, 0) is 27.7 Å². The minimum absolute atomic E-state index is 0.585. The molecule has 0 aromatic heterocycles. The van der Waals surface area contributed by atoms with E-state index in [1.54, 1.807) is 13.8 Å². The smallest absolute Gasteiger partial charge is 0.344 e. The van der Waals surface area contributed by atoms with Gasteiger partial charge in [-0.2, -0.15) is 0 Å². The van der Waals surface area contributed by atoms with E-state index in [-0.39, 0.29) is 0 Å². The summed E-state index contributed by atoms with van der Waals surface area (Å²) in [6.45, 7) is 6.20. The van der Waals surface area contributed by atoms with Crippen molar-refractivity contribution in [1.82, 2.24) is 0 Å². The van der Waals surface area contributed by atoms with Gasteiger partial charge in [0.25, 0.3) is 0 Å². The van der Waals surface area contributed by atoms with E-state index in [2.05, 4.69) is 0 Å². The average Bonchev–Trinajstić information content (AvgIpc) is 2.28. The van der Waals surface area contributed by atoms with Crippen molar-refractivity contribution >= 4 is 11.9 Å². The number of aliphatic hydroxyl groups is 1. The lowest BCUT2D eigenvalue weighted by molar-refractivity contribution is -0.177. The lowest BCUT2D eigenvalue weighted by atomic mass is 9.74. The molecule has 5 nitrogen and oxygen atoms in total. The molecule has 2 rings (SSSR count). The van der Waals surface area contributed by atoms with Gasteiger partial charge >= 0.3 is 11.9 Å². The second kappa shape index (κ2) is 2.35. The van der Waals surface area contributed by atoms with Crippen LogP contribution >= 0.6 is 0 Å². The number of hydrogen-bond acceptors (Lipinski definition) is 5. The number of hydrogen-bond donors (Lipinski definition) is 1. The maximum absolute atomic E-state index is 11.6. The first-order valence-corrected chi connectivity index (χ1v) is 4.81. The third kappa shape index (κ3) is 0.963. The quantitative estimate of drug-likeness (QED) is 0.575. The summed E-state index contributed by atoms with van der Waals surface area (Å²) in [7, 11) is 0. The molecule has 5 heteroatoms. The van der Waals surface area contributed by atoms with Gasteiger partial charge in [0, 0.05) is 0 Å². The highest BCUT2D eigenvalue weighted by atomic mass is 16.6. The fourth-order valence-electron chi connectivity index (χ4n) is 2.43. The van der Waals surface area contributed by atoms with Crippen LogP contribution in [-0.2, 0) is 19.1 Å². The summed E-state index contributed by atoms with van der Waals surface area (Å²) < 4.78 is 10.1. The fraction of sp³-hybridized carbons (Fsp3) is 0.800. The monoisotopic (exact) mass is 214 g/mol. The van der Waals surface area contributed by atoms with Gasteiger partial charge in [-0.3, -0.25) is 4.79 Å². The zero-order valence-electron chi connectivity index (χ0n) is 9.16. The molecule has 2 heterocycles. The van der Waals surface area contributed by atoms with E-state index in [9.17, 15) is 14.7 Å². The molecule has 0 aromatic rings. The van der Waals surface area contributed by atoms with Crippen LogP contribution < -0.4 is 0 Å². The van der Waals surface area contributed by atoms with Crippen LogP contribution in [0, 0.1) is 5.92 Å². The number of carbonyl (C=O) groups excluding carboxylic acids is 2. The summed E-state index contributed by atoms with van der Waals surface area (Å²) in [5, 5.41) is 10.3. The maximum Gasteiger partial charge on any atom is 0.344 e.